The fraction of sp³-hybridized carbons (Fsp3) is 0.333. The van der Waals surface area contributed by atoms with E-state index in [4.69, 9.17) is 5.73 Å². The van der Waals surface area contributed by atoms with E-state index in [9.17, 15) is 9.59 Å². The molecule has 100 valence electrons. The lowest BCUT2D eigenvalue weighted by molar-refractivity contribution is -0.109. The molecule has 19 heavy (non-hydrogen) atoms. The van der Waals surface area contributed by atoms with Crippen molar-refractivity contribution in [2.45, 2.75) is 13.3 Å². The number of hydrogen-bond acceptors (Lipinski definition) is 7. The van der Waals surface area contributed by atoms with E-state index >= 15 is 0 Å². The van der Waals surface area contributed by atoms with Gasteiger partial charge in [0.05, 0.1) is 13.3 Å². The Hall–Kier alpha value is -2.07. The lowest BCUT2D eigenvalue weighted by Crippen LogP contribution is -2.10. The number of nitrogen functional groups attached to an aromatic ring is 1. The Morgan fingerprint density at radius 1 is 1.53 bits per heavy atom. The number of thioether (sulfide) groups is 1. The minimum Gasteiger partial charge on any atom is -0.464 e. The highest BCUT2D eigenvalue weighted by atomic mass is 32.2. The first-order chi connectivity index (χ1) is 9.04. The predicted octanol–water partition coefficient (Wildman–Crippen LogP) is 0.867. The second-order valence-corrected chi connectivity index (χ2v) is 4.64. The molecule has 0 bridgehead atoms. The quantitative estimate of drug-likeness (QED) is 0.498. The molecule has 1 rings (SSSR count). The van der Waals surface area contributed by atoms with Crippen LogP contribution in [-0.2, 0) is 9.53 Å². The molecule has 0 amide bonds. The number of nitrogens with zero attached hydrogens (tertiary/aromatic N) is 2. The topological polar surface area (TPSA) is 95.2 Å². The molecule has 1 aromatic rings. The zero-order valence-electron chi connectivity index (χ0n) is 10.6. The average molecular weight is 279 g/mol. The highest BCUT2D eigenvalue weighted by molar-refractivity contribution is 8.13. The van der Waals surface area contributed by atoms with Crippen LogP contribution in [0.2, 0.25) is 0 Å². The highest BCUT2D eigenvalue weighted by Crippen LogP contribution is 2.07. The third-order valence-corrected chi connectivity index (χ3v) is 2.74. The summed E-state index contributed by atoms with van der Waals surface area (Å²) in [5.41, 5.74) is 5.80. The van der Waals surface area contributed by atoms with Crippen molar-refractivity contribution in [2.24, 2.45) is 0 Å². The lowest BCUT2D eigenvalue weighted by atomic mass is 10.3. The average Bonchev–Trinajstić information content (AvgIpc) is 2.39. The van der Waals surface area contributed by atoms with Gasteiger partial charge in [0.1, 0.15) is 5.69 Å². The minimum absolute atomic E-state index is 0.00420. The molecule has 0 fully saturated rings. The van der Waals surface area contributed by atoms with Crippen LogP contribution in [0.1, 0.15) is 29.5 Å². The van der Waals surface area contributed by atoms with Crippen molar-refractivity contribution in [3.8, 4) is 11.8 Å². The van der Waals surface area contributed by atoms with E-state index in [2.05, 4.69) is 26.5 Å². The summed E-state index contributed by atoms with van der Waals surface area (Å²) in [5.74, 6) is 5.57. The third kappa shape index (κ3) is 4.97. The molecule has 0 saturated heterocycles. The Kier molecular flexibility index (Phi) is 5.82. The Morgan fingerprint density at radius 3 is 2.89 bits per heavy atom. The summed E-state index contributed by atoms with van der Waals surface area (Å²) in [5, 5.41) is 0.0575. The number of carbonyl (C=O) groups excluding carboxylic acids is 2. The van der Waals surface area contributed by atoms with Crippen molar-refractivity contribution < 1.29 is 14.3 Å². The Morgan fingerprint density at radius 2 is 2.26 bits per heavy atom. The maximum atomic E-state index is 11.3. The van der Waals surface area contributed by atoms with Gasteiger partial charge in [0, 0.05) is 19.1 Å². The SMILES string of the molecule is COC(=O)c1nc(C#CCCSC(C)=O)cnc1N. The first kappa shape index (κ1) is 15.0. The van der Waals surface area contributed by atoms with Crippen LogP contribution in [0.25, 0.3) is 0 Å². The number of rotatable bonds is 3. The smallest absolute Gasteiger partial charge is 0.360 e. The highest BCUT2D eigenvalue weighted by Gasteiger charge is 2.13. The molecule has 1 heterocycles. The van der Waals surface area contributed by atoms with Gasteiger partial charge in [-0.2, -0.15) is 0 Å². The normalized spacial score (nSPS) is 9.37. The van der Waals surface area contributed by atoms with E-state index in [1.54, 1.807) is 0 Å². The summed E-state index contributed by atoms with van der Waals surface area (Å²) in [6.45, 7) is 1.51. The van der Waals surface area contributed by atoms with E-state index in [1.807, 2.05) is 0 Å². The molecular weight excluding hydrogens is 266 g/mol. The van der Waals surface area contributed by atoms with Gasteiger partial charge in [0.15, 0.2) is 16.6 Å². The second-order valence-electron chi connectivity index (χ2n) is 3.37. The molecule has 6 nitrogen and oxygen atoms in total. The lowest BCUT2D eigenvalue weighted by Gasteiger charge is -2.01. The number of nitrogens with two attached hydrogens (primary N) is 1. The van der Waals surface area contributed by atoms with Crippen LogP contribution in [0.15, 0.2) is 6.20 Å². The van der Waals surface area contributed by atoms with Gasteiger partial charge in [0.2, 0.25) is 0 Å². The van der Waals surface area contributed by atoms with E-state index in [0.29, 0.717) is 17.9 Å². The van der Waals surface area contributed by atoms with Crippen LogP contribution >= 0.6 is 11.8 Å². The van der Waals surface area contributed by atoms with Crippen molar-refractivity contribution in [1.29, 1.82) is 0 Å². The monoisotopic (exact) mass is 279 g/mol. The maximum Gasteiger partial charge on any atom is 0.360 e. The molecule has 0 aliphatic rings. The van der Waals surface area contributed by atoms with Crippen LogP contribution < -0.4 is 5.73 Å². The maximum absolute atomic E-state index is 11.3. The van der Waals surface area contributed by atoms with Crippen molar-refractivity contribution >= 4 is 28.7 Å². The van der Waals surface area contributed by atoms with Crippen LogP contribution in [0.4, 0.5) is 5.82 Å². The molecule has 0 aliphatic carbocycles. The predicted molar refractivity (Wildman–Crippen MR) is 72.4 cm³/mol. The largest absolute Gasteiger partial charge is 0.464 e. The summed E-state index contributed by atoms with van der Waals surface area (Å²) >= 11 is 1.21. The molecule has 7 heteroatoms. The van der Waals surface area contributed by atoms with Crippen LogP contribution in [0, 0.1) is 11.8 Å². The molecular formula is C12H13N3O3S. The van der Waals surface area contributed by atoms with Gasteiger partial charge >= 0.3 is 5.97 Å². The minimum atomic E-state index is -0.652. The summed E-state index contributed by atoms with van der Waals surface area (Å²) in [4.78, 5) is 29.8. The van der Waals surface area contributed by atoms with E-state index in [0.717, 1.165) is 0 Å². The number of ether oxygens (including phenoxy) is 1. The Labute approximate surface area is 115 Å². The summed E-state index contributed by atoms with van der Waals surface area (Å²) in [7, 11) is 1.24. The van der Waals surface area contributed by atoms with E-state index in [1.165, 1.54) is 32.0 Å². The molecule has 0 aliphatic heterocycles. The molecule has 0 spiro atoms. The Balaban J connectivity index is 2.72. The number of carbonyl (C=O) groups is 2. The second kappa shape index (κ2) is 7.38. The van der Waals surface area contributed by atoms with Crippen molar-refractivity contribution in [3.63, 3.8) is 0 Å². The van der Waals surface area contributed by atoms with Crippen molar-refractivity contribution in [1.82, 2.24) is 9.97 Å². The molecule has 0 atom stereocenters. The van der Waals surface area contributed by atoms with Crippen LogP contribution in [-0.4, -0.2) is 33.9 Å². The van der Waals surface area contributed by atoms with Gasteiger partial charge in [-0.05, 0) is 5.92 Å². The molecule has 0 saturated carbocycles. The zero-order valence-corrected chi connectivity index (χ0v) is 11.4. The number of methoxy groups -OCH3 is 1. The number of esters is 1. The zero-order chi connectivity index (χ0) is 14.3. The first-order valence-electron chi connectivity index (χ1n) is 5.37. The summed E-state index contributed by atoms with van der Waals surface area (Å²) < 4.78 is 4.53. The van der Waals surface area contributed by atoms with Crippen LogP contribution in [0.3, 0.4) is 0 Å². The van der Waals surface area contributed by atoms with Gasteiger partial charge in [-0.15, -0.1) is 0 Å². The fourth-order valence-corrected chi connectivity index (χ4v) is 1.60. The van der Waals surface area contributed by atoms with E-state index in [-0.39, 0.29) is 16.6 Å². The van der Waals surface area contributed by atoms with Crippen molar-refractivity contribution in [2.75, 3.05) is 18.6 Å². The third-order valence-electron chi connectivity index (χ3n) is 1.93. The molecule has 0 unspecified atom stereocenters. The molecule has 0 aromatic carbocycles. The number of aromatic nitrogens is 2. The van der Waals surface area contributed by atoms with Crippen molar-refractivity contribution in [3.05, 3.63) is 17.6 Å². The van der Waals surface area contributed by atoms with Gasteiger partial charge in [-0.1, -0.05) is 17.7 Å². The number of anilines is 1. The number of hydrogen-bond donors (Lipinski definition) is 1. The van der Waals surface area contributed by atoms with Gasteiger partial charge in [0.25, 0.3) is 0 Å². The van der Waals surface area contributed by atoms with Gasteiger partial charge in [-0.3, -0.25) is 4.79 Å². The Bertz CT molecular complexity index is 549. The van der Waals surface area contributed by atoms with E-state index < -0.39 is 5.97 Å². The summed E-state index contributed by atoms with van der Waals surface area (Å²) in [6.07, 6.45) is 1.93. The van der Waals surface area contributed by atoms with Gasteiger partial charge < -0.3 is 10.5 Å². The molecule has 2 N–H and O–H groups in total. The summed E-state index contributed by atoms with van der Waals surface area (Å²) in [6, 6.07) is 0. The fourth-order valence-electron chi connectivity index (χ4n) is 1.10. The van der Waals surface area contributed by atoms with Gasteiger partial charge in [-0.25, -0.2) is 14.8 Å². The first-order valence-corrected chi connectivity index (χ1v) is 6.36. The standard InChI is InChI=1S/C12H13N3O3S/c1-8(16)19-6-4-3-5-9-7-14-11(13)10(15-9)12(17)18-2/h7H,4,6H2,1-2H3,(H2,13,14). The van der Waals surface area contributed by atoms with Crippen LogP contribution in [0.5, 0.6) is 0 Å². The molecule has 0 radical (unpaired) electrons. The molecule has 1 aromatic heterocycles.